The number of rotatable bonds is 2. The predicted octanol–water partition coefficient (Wildman–Crippen LogP) is 4.91. The van der Waals surface area contributed by atoms with E-state index in [0.29, 0.717) is 31.2 Å². The minimum absolute atomic E-state index is 0.0195. The first-order valence-corrected chi connectivity index (χ1v) is 15.9. The van der Waals surface area contributed by atoms with E-state index < -0.39 is 47.5 Å². The highest BCUT2D eigenvalue weighted by atomic mass is 19.1. The Morgan fingerprint density at radius 2 is 1.98 bits per heavy atom. The lowest BCUT2D eigenvalue weighted by Crippen LogP contribution is -2.52. The van der Waals surface area contributed by atoms with Crippen molar-refractivity contribution in [3.05, 3.63) is 46.8 Å². The number of carbonyl (C=O) groups is 4. The van der Waals surface area contributed by atoms with Gasteiger partial charge < -0.3 is 24.4 Å². The zero-order chi connectivity index (χ0) is 31.9. The lowest BCUT2D eigenvalue weighted by atomic mass is 9.98. The molecule has 4 atom stereocenters. The zero-order valence-electron chi connectivity index (χ0n) is 26.1. The number of amides is 3. The Morgan fingerprint density at radius 1 is 1.16 bits per heavy atom. The number of hydrogen-bond acceptors (Lipinski definition) is 8. The molecule has 6 rings (SSSR count). The molecule has 12 heteroatoms. The topological polar surface area (TPSA) is 127 Å². The molecule has 2 fully saturated rings. The highest BCUT2D eigenvalue weighted by Gasteiger charge is 2.53. The average molecular weight is 625 g/mol. The Bertz CT molecular complexity index is 1450. The summed E-state index contributed by atoms with van der Waals surface area (Å²) in [6.07, 6.45) is 5.81. The first kappa shape index (κ1) is 31.0. The van der Waals surface area contributed by atoms with Crippen LogP contribution in [-0.2, 0) is 36.9 Å². The summed E-state index contributed by atoms with van der Waals surface area (Å²) in [5.41, 5.74) is 0.603. The van der Waals surface area contributed by atoms with Crippen molar-refractivity contribution in [2.45, 2.75) is 121 Å². The SMILES string of the molecule is CC(C)(C)OC(=O)N[C@H]1CCCCC/C=C2/CC[C@]3(C2)N=C(OC3=O)[C@@H]2C[C@@H](OC(=O)N3Cc4cccc(F)c4C3)CN2C1=O. The summed E-state index contributed by atoms with van der Waals surface area (Å²) in [4.78, 5) is 61.3. The molecule has 4 aliphatic heterocycles. The summed E-state index contributed by atoms with van der Waals surface area (Å²) in [5.74, 6) is -1.06. The molecule has 1 saturated heterocycles. The van der Waals surface area contributed by atoms with E-state index in [1.54, 1.807) is 32.9 Å². The third-order valence-corrected chi connectivity index (χ3v) is 9.18. The number of allylic oxidation sites excluding steroid dienone is 1. The van der Waals surface area contributed by atoms with Crippen molar-refractivity contribution in [1.82, 2.24) is 15.1 Å². The first-order chi connectivity index (χ1) is 21.4. The van der Waals surface area contributed by atoms with Crippen molar-refractivity contribution >= 4 is 30.0 Å². The van der Waals surface area contributed by atoms with E-state index >= 15 is 0 Å². The minimum Gasteiger partial charge on any atom is -0.444 e. The number of nitrogens with one attached hydrogen (secondary N) is 1. The van der Waals surface area contributed by atoms with Gasteiger partial charge in [0.05, 0.1) is 13.1 Å². The second-order valence-electron chi connectivity index (χ2n) is 13.7. The normalized spacial score (nSPS) is 29.5. The summed E-state index contributed by atoms with van der Waals surface area (Å²) in [5, 5.41) is 2.76. The molecule has 11 nitrogen and oxygen atoms in total. The second kappa shape index (κ2) is 12.1. The Hall–Kier alpha value is -3.96. The molecule has 1 aromatic rings. The Kier molecular flexibility index (Phi) is 8.34. The van der Waals surface area contributed by atoms with Crippen molar-refractivity contribution in [3.63, 3.8) is 0 Å². The fraction of sp³-hybridized carbons (Fsp3) is 0.606. The number of carbonyl (C=O) groups excluding carboxylic acids is 4. The number of benzene rings is 1. The summed E-state index contributed by atoms with van der Waals surface area (Å²) < 4.78 is 31.5. The van der Waals surface area contributed by atoms with E-state index in [4.69, 9.17) is 19.2 Å². The van der Waals surface area contributed by atoms with Gasteiger partial charge in [-0.15, -0.1) is 0 Å². The zero-order valence-corrected chi connectivity index (χ0v) is 26.1. The van der Waals surface area contributed by atoms with E-state index in [-0.39, 0.29) is 43.7 Å². The van der Waals surface area contributed by atoms with Gasteiger partial charge in [-0.25, -0.2) is 23.8 Å². The number of aliphatic imine (C=N–C) groups is 1. The average Bonchev–Trinajstić information content (AvgIpc) is 3.74. The van der Waals surface area contributed by atoms with Crippen molar-refractivity contribution < 1.29 is 37.8 Å². The van der Waals surface area contributed by atoms with E-state index in [2.05, 4.69) is 11.4 Å². The van der Waals surface area contributed by atoms with Gasteiger partial charge in [-0.1, -0.05) is 36.6 Å². The maximum atomic E-state index is 14.3. The van der Waals surface area contributed by atoms with Gasteiger partial charge in [0.25, 0.3) is 0 Å². The van der Waals surface area contributed by atoms with Gasteiger partial charge in [-0.3, -0.25) is 9.69 Å². The molecule has 3 amide bonds. The van der Waals surface area contributed by atoms with Gasteiger partial charge in [-0.05, 0) is 64.5 Å². The maximum absolute atomic E-state index is 14.3. The van der Waals surface area contributed by atoms with Crippen molar-refractivity contribution in [2.24, 2.45) is 4.99 Å². The maximum Gasteiger partial charge on any atom is 0.410 e. The molecule has 1 saturated carbocycles. The van der Waals surface area contributed by atoms with Crippen LogP contribution in [0.25, 0.3) is 0 Å². The van der Waals surface area contributed by atoms with Gasteiger partial charge in [-0.2, -0.15) is 0 Å². The van der Waals surface area contributed by atoms with Crippen LogP contribution < -0.4 is 5.32 Å². The lowest BCUT2D eigenvalue weighted by molar-refractivity contribution is -0.140. The molecule has 5 aliphatic rings. The van der Waals surface area contributed by atoms with Crippen LogP contribution in [-0.4, -0.2) is 75.6 Å². The van der Waals surface area contributed by atoms with Crippen LogP contribution in [0.3, 0.4) is 0 Å². The molecule has 1 aromatic carbocycles. The largest absolute Gasteiger partial charge is 0.444 e. The lowest BCUT2D eigenvalue weighted by Gasteiger charge is -2.29. The molecular weight excluding hydrogens is 583 g/mol. The van der Waals surface area contributed by atoms with E-state index in [1.165, 1.54) is 21.4 Å². The number of halogens is 1. The van der Waals surface area contributed by atoms with Crippen LogP contribution in [0.15, 0.2) is 34.8 Å². The van der Waals surface area contributed by atoms with E-state index in [0.717, 1.165) is 31.2 Å². The highest BCUT2D eigenvalue weighted by molar-refractivity contribution is 6.04. The molecule has 0 aromatic heterocycles. The fourth-order valence-corrected chi connectivity index (χ4v) is 6.95. The van der Waals surface area contributed by atoms with E-state index in [1.807, 2.05) is 0 Å². The van der Waals surface area contributed by atoms with Crippen LogP contribution in [0, 0.1) is 5.82 Å². The highest BCUT2D eigenvalue weighted by Crippen LogP contribution is 2.43. The summed E-state index contributed by atoms with van der Waals surface area (Å²) >= 11 is 0. The molecule has 3 bridgehead atoms. The molecule has 1 spiro atoms. The molecule has 0 radical (unpaired) electrons. The van der Waals surface area contributed by atoms with Gasteiger partial charge in [0.2, 0.25) is 11.8 Å². The molecule has 1 aliphatic carbocycles. The van der Waals surface area contributed by atoms with Crippen molar-refractivity contribution in [1.29, 1.82) is 0 Å². The Morgan fingerprint density at radius 3 is 2.76 bits per heavy atom. The minimum atomic E-state index is -1.01. The van der Waals surface area contributed by atoms with Gasteiger partial charge in [0, 0.05) is 24.9 Å². The Labute approximate surface area is 262 Å². The number of hydrogen-bond donors (Lipinski definition) is 1. The quantitative estimate of drug-likeness (QED) is 0.282. The monoisotopic (exact) mass is 624 g/mol. The molecule has 4 heterocycles. The number of esters is 1. The van der Waals surface area contributed by atoms with Gasteiger partial charge >= 0.3 is 18.2 Å². The first-order valence-electron chi connectivity index (χ1n) is 15.9. The fourth-order valence-electron chi connectivity index (χ4n) is 6.95. The molecule has 0 unspecified atom stereocenters. The van der Waals surface area contributed by atoms with Crippen LogP contribution >= 0.6 is 0 Å². The standard InChI is InChI=1S/C33H41FN4O7/c1-32(2,3)45-30(41)35-25-12-7-5-4-6-9-20-13-14-33(16-20)29(40)44-27(36-33)26-15-22(18-38(26)28(25)39)43-31(42)37-17-21-10-8-11-24(34)23(21)19-37/h8-11,22,25-26H,4-7,12-19H2,1-3H3,(H,35,41)/b20-9-/t22-,25+,26+,33-/m1/s1. The Balaban J connectivity index is 1.25. The van der Waals surface area contributed by atoms with Gasteiger partial charge in [0.1, 0.15) is 29.6 Å². The second-order valence-corrected chi connectivity index (χ2v) is 13.7. The molecule has 242 valence electrons. The van der Waals surface area contributed by atoms with Crippen LogP contribution in [0.5, 0.6) is 0 Å². The van der Waals surface area contributed by atoms with Crippen LogP contribution in [0.1, 0.15) is 89.7 Å². The van der Waals surface area contributed by atoms with Crippen molar-refractivity contribution in [3.8, 4) is 0 Å². The number of nitrogens with zero attached hydrogens (tertiary/aromatic N) is 3. The van der Waals surface area contributed by atoms with E-state index in [9.17, 15) is 23.6 Å². The number of alkyl carbamates (subject to hydrolysis) is 1. The summed E-state index contributed by atoms with van der Waals surface area (Å²) in [6, 6.07) is 3.08. The third-order valence-electron chi connectivity index (χ3n) is 9.18. The molecule has 1 N–H and O–H groups in total. The predicted molar refractivity (Wildman–Crippen MR) is 160 cm³/mol. The summed E-state index contributed by atoms with van der Waals surface area (Å²) in [6.45, 7) is 5.57. The molecular formula is C33H41FN4O7. The van der Waals surface area contributed by atoms with Gasteiger partial charge in [0.15, 0.2) is 5.54 Å². The number of ether oxygens (including phenoxy) is 3. The molecule has 45 heavy (non-hydrogen) atoms. The number of fused-ring (bicyclic) bond motifs is 4. The van der Waals surface area contributed by atoms with Crippen molar-refractivity contribution in [2.75, 3.05) is 6.54 Å². The smallest absolute Gasteiger partial charge is 0.410 e. The van der Waals surface area contributed by atoms with Crippen LogP contribution in [0.4, 0.5) is 14.0 Å². The third kappa shape index (κ3) is 6.55. The van der Waals surface area contributed by atoms with Crippen LogP contribution in [0.2, 0.25) is 0 Å². The summed E-state index contributed by atoms with van der Waals surface area (Å²) in [7, 11) is 0.